The SMILES string of the molecule is CC[C@@]1(OC(=O)CCCSSCCCC(=O)OCCC/C(C)=C/CC/C(C)=C/CC/C=C(\C)CC/C=C(\C)CCC=C(C)C)C(=O)OCc2c1cc1n(c2=O)Cc2cc3ccccc3nc2-1. The van der Waals surface area contributed by atoms with E-state index in [1.54, 1.807) is 39.1 Å². The number of esters is 3. The van der Waals surface area contributed by atoms with Gasteiger partial charge in [0.25, 0.3) is 5.56 Å². The summed E-state index contributed by atoms with van der Waals surface area (Å²) in [5, 5.41) is 0.986. The zero-order valence-corrected chi connectivity index (χ0v) is 42.2. The monoisotopic (exact) mass is 936 g/mol. The van der Waals surface area contributed by atoms with Crippen LogP contribution >= 0.6 is 21.6 Å². The minimum atomic E-state index is -1.71. The van der Waals surface area contributed by atoms with Crippen LogP contribution in [-0.2, 0) is 47.3 Å². The fourth-order valence-corrected chi connectivity index (χ4v) is 10.5. The number of rotatable bonds is 27. The van der Waals surface area contributed by atoms with Crippen molar-refractivity contribution in [2.45, 2.75) is 164 Å². The first-order valence-corrected chi connectivity index (χ1v) is 26.5. The molecule has 1 atom stereocenters. The van der Waals surface area contributed by atoms with Gasteiger partial charge < -0.3 is 18.8 Å². The van der Waals surface area contributed by atoms with Crippen molar-refractivity contribution in [3.05, 3.63) is 122 Å². The molecule has 0 spiro atoms. The van der Waals surface area contributed by atoms with Crippen LogP contribution in [-0.4, -0.2) is 45.6 Å². The van der Waals surface area contributed by atoms with E-state index in [0.717, 1.165) is 92.8 Å². The smallest absolute Gasteiger partial charge is 0.355 e. The minimum absolute atomic E-state index is 0.115. The molecule has 0 saturated heterocycles. The van der Waals surface area contributed by atoms with E-state index in [9.17, 15) is 19.2 Å². The topological polar surface area (TPSA) is 114 Å². The number of carbonyl (C=O) groups excluding carboxylic acids is 3. The summed E-state index contributed by atoms with van der Waals surface area (Å²) >= 11 is 0. The van der Waals surface area contributed by atoms with Gasteiger partial charge in [0.05, 0.1) is 35.6 Å². The molecule has 4 heterocycles. The summed E-state index contributed by atoms with van der Waals surface area (Å²) < 4.78 is 18.6. The highest BCUT2D eigenvalue weighted by molar-refractivity contribution is 8.76. The minimum Gasteiger partial charge on any atom is -0.466 e. The van der Waals surface area contributed by atoms with Gasteiger partial charge in [0.15, 0.2) is 0 Å². The van der Waals surface area contributed by atoms with Crippen LogP contribution in [0, 0.1) is 0 Å². The molecular weight excluding hydrogens is 865 g/mol. The Labute approximate surface area is 401 Å². The molecule has 1 aromatic carbocycles. The van der Waals surface area contributed by atoms with Crippen LogP contribution in [0.15, 0.2) is 99.4 Å². The summed E-state index contributed by atoms with van der Waals surface area (Å²) in [5.41, 5.74) is 8.91. The van der Waals surface area contributed by atoms with Gasteiger partial charge in [-0.1, -0.05) is 105 Å². The summed E-state index contributed by atoms with van der Waals surface area (Å²) in [4.78, 5) is 57.6. The van der Waals surface area contributed by atoms with Crippen molar-refractivity contribution in [3.8, 4) is 11.4 Å². The maximum absolute atomic E-state index is 13.8. The third-order valence-electron chi connectivity index (χ3n) is 12.3. The van der Waals surface area contributed by atoms with E-state index >= 15 is 0 Å². The quantitative estimate of drug-likeness (QED) is 0.0188. The molecule has 0 saturated carbocycles. The van der Waals surface area contributed by atoms with Crippen molar-refractivity contribution in [2.24, 2.45) is 0 Å². The maximum Gasteiger partial charge on any atom is 0.355 e. The largest absolute Gasteiger partial charge is 0.466 e. The Morgan fingerprint density at radius 2 is 1.33 bits per heavy atom. The predicted molar refractivity (Wildman–Crippen MR) is 273 cm³/mol. The van der Waals surface area contributed by atoms with E-state index in [4.69, 9.17) is 19.2 Å². The maximum atomic E-state index is 13.8. The van der Waals surface area contributed by atoms with Crippen molar-refractivity contribution in [2.75, 3.05) is 18.1 Å². The lowest BCUT2D eigenvalue weighted by molar-refractivity contribution is -0.189. The Morgan fingerprint density at radius 3 is 1.97 bits per heavy atom. The number of cyclic esters (lactones) is 1. The Kier molecular flexibility index (Phi) is 21.1. The second-order valence-electron chi connectivity index (χ2n) is 18.1. The molecule has 356 valence electrons. The highest BCUT2D eigenvalue weighted by atomic mass is 33.1. The number of unbranched alkanes of at least 4 members (excludes halogenated alkanes) is 1. The molecular formula is C55H72N2O7S2. The fourth-order valence-electron chi connectivity index (χ4n) is 8.35. The summed E-state index contributed by atoms with van der Waals surface area (Å²) in [6.07, 6.45) is 24.3. The van der Waals surface area contributed by atoms with Gasteiger partial charge in [0, 0.05) is 40.9 Å². The predicted octanol–water partition coefficient (Wildman–Crippen LogP) is 13.8. The lowest BCUT2D eigenvalue weighted by atomic mass is 9.85. The summed E-state index contributed by atoms with van der Waals surface area (Å²) in [6, 6.07) is 11.6. The number of nitrogens with zero attached hydrogens (tertiary/aromatic N) is 2. The Morgan fingerprint density at radius 1 is 0.742 bits per heavy atom. The molecule has 3 aromatic rings. The van der Waals surface area contributed by atoms with Crippen LogP contribution in [0.2, 0.25) is 0 Å². The fraction of sp³-hybridized carbons (Fsp3) is 0.509. The number of hydrogen-bond donors (Lipinski definition) is 0. The zero-order chi connectivity index (χ0) is 47.5. The average molecular weight is 937 g/mol. The molecule has 0 unspecified atom stereocenters. The first kappa shape index (κ1) is 52.4. The molecule has 0 bridgehead atoms. The summed E-state index contributed by atoms with van der Waals surface area (Å²) in [6.45, 7) is 15.6. The standard InChI is InChI=1S/C55H72N2O7S2/c1-8-55(47-36-49-52-45(35-44-28-11-12-29-48(44)56-52)37-57(49)53(60)46(47)38-63-54(55)61)64-51(59)31-18-34-66-65-33-17-30-50(58)62-32-16-27-43(7)26-15-24-41(5)21-10-9-20-40(4)23-14-25-42(6)22-13-19-39(2)3/h11-12,19-21,25-26,28-29,35-36H,8-10,13-18,22-24,27,30-34,37-38H2,1-7H3/b40-20+,41-21+,42-25+,43-26+/t55-/m0/s1. The number of para-hydroxylation sites is 1. The third-order valence-corrected chi connectivity index (χ3v) is 14.8. The molecule has 0 radical (unpaired) electrons. The number of carbonyl (C=O) groups is 3. The molecule has 5 rings (SSSR count). The van der Waals surface area contributed by atoms with Gasteiger partial charge in [-0.05, 0) is 143 Å². The van der Waals surface area contributed by atoms with E-state index in [2.05, 4.69) is 71.9 Å². The Hall–Kier alpha value is -4.61. The second-order valence-corrected chi connectivity index (χ2v) is 20.8. The molecule has 66 heavy (non-hydrogen) atoms. The number of aromatic nitrogens is 2. The lowest BCUT2D eigenvalue weighted by Crippen LogP contribution is -2.47. The number of allylic oxidation sites excluding steroid dienone is 10. The zero-order valence-electron chi connectivity index (χ0n) is 40.6. The van der Waals surface area contributed by atoms with Crippen LogP contribution in [0.1, 0.15) is 161 Å². The molecule has 0 fully saturated rings. The van der Waals surface area contributed by atoms with Crippen molar-refractivity contribution < 1.29 is 28.6 Å². The van der Waals surface area contributed by atoms with Crippen molar-refractivity contribution >= 4 is 50.4 Å². The van der Waals surface area contributed by atoms with Crippen LogP contribution in [0.3, 0.4) is 0 Å². The molecule has 0 aliphatic carbocycles. The van der Waals surface area contributed by atoms with E-state index in [1.165, 1.54) is 27.9 Å². The first-order valence-electron chi connectivity index (χ1n) is 24.0. The Bertz CT molecular complexity index is 2390. The van der Waals surface area contributed by atoms with Gasteiger partial charge in [0.2, 0.25) is 5.60 Å². The van der Waals surface area contributed by atoms with Crippen molar-refractivity contribution in [3.63, 3.8) is 0 Å². The summed E-state index contributed by atoms with van der Waals surface area (Å²) in [5.74, 6) is 0.143. The lowest BCUT2D eigenvalue weighted by Gasteiger charge is -2.35. The highest BCUT2D eigenvalue weighted by Crippen LogP contribution is 2.41. The number of fused-ring (bicyclic) bond motifs is 5. The first-order chi connectivity index (χ1) is 31.8. The molecule has 0 N–H and O–H groups in total. The van der Waals surface area contributed by atoms with E-state index in [-0.39, 0.29) is 31.0 Å². The molecule has 2 aliphatic heterocycles. The van der Waals surface area contributed by atoms with Gasteiger partial charge >= 0.3 is 17.9 Å². The van der Waals surface area contributed by atoms with Gasteiger partial charge in [-0.25, -0.2) is 9.78 Å². The second kappa shape index (κ2) is 26.7. The molecule has 9 nitrogen and oxygen atoms in total. The van der Waals surface area contributed by atoms with Crippen molar-refractivity contribution in [1.82, 2.24) is 9.55 Å². The number of ether oxygens (including phenoxy) is 3. The summed E-state index contributed by atoms with van der Waals surface area (Å²) in [7, 11) is 3.30. The third kappa shape index (κ3) is 15.5. The van der Waals surface area contributed by atoms with Gasteiger partial charge in [-0.3, -0.25) is 14.4 Å². The molecule has 2 aliphatic rings. The van der Waals surface area contributed by atoms with Crippen LogP contribution in [0.4, 0.5) is 0 Å². The van der Waals surface area contributed by atoms with Crippen LogP contribution in [0.25, 0.3) is 22.3 Å². The van der Waals surface area contributed by atoms with E-state index in [1.807, 2.05) is 30.3 Å². The molecule has 2 aromatic heterocycles. The number of benzene rings is 1. The highest BCUT2D eigenvalue weighted by Gasteiger charge is 2.50. The van der Waals surface area contributed by atoms with Crippen molar-refractivity contribution in [1.29, 1.82) is 0 Å². The number of pyridine rings is 2. The van der Waals surface area contributed by atoms with E-state index in [0.29, 0.717) is 54.3 Å². The van der Waals surface area contributed by atoms with Gasteiger partial charge in [-0.15, -0.1) is 0 Å². The van der Waals surface area contributed by atoms with Gasteiger partial charge in [0.1, 0.15) is 6.61 Å². The average Bonchev–Trinajstić information content (AvgIpc) is 3.65. The van der Waals surface area contributed by atoms with E-state index < -0.39 is 17.5 Å². The molecule has 0 amide bonds. The number of hydrogen-bond acceptors (Lipinski definition) is 10. The normalized spacial score (nSPS) is 16.1. The van der Waals surface area contributed by atoms with Crippen LogP contribution < -0.4 is 5.56 Å². The van der Waals surface area contributed by atoms with Gasteiger partial charge in [-0.2, -0.15) is 0 Å². The molecule has 11 heteroatoms. The Balaban J connectivity index is 0.909. The van der Waals surface area contributed by atoms with Crippen LogP contribution in [0.5, 0.6) is 0 Å².